The minimum absolute atomic E-state index is 0.171. The lowest BCUT2D eigenvalue weighted by atomic mass is 9.97. The van der Waals surface area contributed by atoms with Gasteiger partial charge < -0.3 is 10.1 Å². The highest BCUT2D eigenvalue weighted by Gasteiger charge is 2.24. The van der Waals surface area contributed by atoms with E-state index in [-0.39, 0.29) is 12.4 Å². The van der Waals surface area contributed by atoms with Crippen LogP contribution in [0.1, 0.15) is 28.9 Å². The molecule has 21 heavy (non-hydrogen) atoms. The predicted octanol–water partition coefficient (Wildman–Crippen LogP) is 3.36. The summed E-state index contributed by atoms with van der Waals surface area (Å²) in [7, 11) is 0. The molecule has 0 spiro atoms. The summed E-state index contributed by atoms with van der Waals surface area (Å²) >= 11 is 0. The topological polar surface area (TPSA) is 55.4 Å². The molecule has 0 fully saturated rings. The van der Waals surface area contributed by atoms with E-state index in [1.54, 1.807) is 43.3 Å². The van der Waals surface area contributed by atoms with Gasteiger partial charge in [-0.1, -0.05) is 60.7 Å². The number of carbonyl (C=O) groups excluding carboxylic acids is 2. The molecule has 0 saturated carbocycles. The van der Waals surface area contributed by atoms with Gasteiger partial charge in [0.25, 0.3) is 0 Å². The Morgan fingerprint density at radius 1 is 1.00 bits per heavy atom. The van der Waals surface area contributed by atoms with Gasteiger partial charge in [-0.05, 0) is 12.5 Å². The van der Waals surface area contributed by atoms with Gasteiger partial charge in [-0.2, -0.15) is 0 Å². The van der Waals surface area contributed by atoms with Gasteiger partial charge in [0.2, 0.25) is 0 Å². The minimum Gasteiger partial charge on any atom is -0.450 e. The Labute approximate surface area is 123 Å². The van der Waals surface area contributed by atoms with Crippen LogP contribution in [-0.4, -0.2) is 18.5 Å². The SMILES string of the molecule is CCOC(=O)NC(C(=O)c1ccccc1)c1ccccc1. The number of ketones is 1. The molecule has 108 valence electrons. The summed E-state index contributed by atoms with van der Waals surface area (Å²) in [5.74, 6) is -0.171. The van der Waals surface area contributed by atoms with E-state index in [1.165, 1.54) is 0 Å². The summed E-state index contributed by atoms with van der Waals surface area (Å²) in [6, 6.07) is 17.2. The number of ether oxygens (including phenoxy) is 1. The quantitative estimate of drug-likeness (QED) is 0.856. The molecule has 0 aliphatic carbocycles. The van der Waals surface area contributed by atoms with Crippen LogP contribution < -0.4 is 5.32 Å². The Morgan fingerprint density at radius 2 is 1.57 bits per heavy atom. The lowest BCUT2D eigenvalue weighted by molar-refractivity contribution is 0.0924. The summed E-state index contributed by atoms with van der Waals surface area (Å²) < 4.78 is 4.88. The number of hydrogen-bond acceptors (Lipinski definition) is 3. The Morgan fingerprint density at radius 3 is 2.14 bits per heavy atom. The van der Waals surface area contributed by atoms with Crippen LogP contribution in [0.3, 0.4) is 0 Å². The molecule has 2 aromatic rings. The maximum Gasteiger partial charge on any atom is 0.407 e. The summed E-state index contributed by atoms with van der Waals surface area (Å²) in [5.41, 5.74) is 1.27. The van der Waals surface area contributed by atoms with E-state index in [4.69, 9.17) is 4.74 Å². The van der Waals surface area contributed by atoms with Crippen molar-refractivity contribution in [2.45, 2.75) is 13.0 Å². The number of amides is 1. The van der Waals surface area contributed by atoms with E-state index >= 15 is 0 Å². The van der Waals surface area contributed by atoms with Crippen LogP contribution in [0.2, 0.25) is 0 Å². The molecule has 2 rings (SSSR count). The van der Waals surface area contributed by atoms with Crippen LogP contribution in [-0.2, 0) is 4.74 Å². The molecule has 0 saturated heterocycles. The van der Waals surface area contributed by atoms with Crippen LogP contribution >= 0.6 is 0 Å². The molecular weight excluding hydrogens is 266 g/mol. The van der Waals surface area contributed by atoms with Crippen molar-refractivity contribution < 1.29 is 14.3 Å². The Hall–Kier alpha value is -2.62. The second-order valence-corrected chi connectivity index (χ2v) is 4.44. The van der Waals surface area contributed by atoms with Crippen molar-refractivity contribution in [2.75, 3.05) is 6.61 Å². The Bertz CT molecular complexity index is 596. The fraction of sp³-hybridized carbons (Fsp3) is 0.176. The van der Waals surface area contributed by atoms with E-state index in [0.29, 0.717) is 5.56 Å². The van der Waals surface area contributed by atoms with E-state index in [0.717, 1.165) is 5.56 Å². The molecule has 0 bridgehead atoms. The first-order valence-corrected chi connectivity index (χ1v) is 6.80. The molecule has 1 atom stereocenters. The van der Waals surface area contributed by atoms with Crippen molar-refractivity contribution in [2.24, 2.45) is 0 Å². The minimum atomic E-state index is -0.757. The normalized spacial score (nSPS) is 11.5. The van der Waals surface area contributed by atoms with Gasteiger partial charge in [-0.3, -0.25) is 4.79 Å². The zero-order valence-electron chi connectivity index (χ0n) is 11.8. The van der Waals surface area contributed by atoms with E-state index in [9.17, 15) is 9.59 Å². The molecule has 1 N–H and O–H groups in total. The van der Waals surface area contributed by atoms with Gasteiger partial charge in [0.1, 0.15) is 6.04 Å². The zero-order chi connectivity index (χ0) is 15.1. The summed E-state index contributed by atoms with van der Waals surface area (Å²) in [5, 5.41) is 2.62. The highest BCUT2D eigenvalue weighted by Crippen LogP contribution is 2.18. The lowest BCUT2D eigenvalue weighted by Gasteiger charge is -2.17. The van der Waals surface area contributed by atoms with E-state index in [1.807, 2.05) is 24.3 Å². The number of alkyl carbamates (subject to hydrolysis) is 1. The third-order valence-corrected chi connectivity index (χ3v) is 2.99. The average molecular weight is 283 g/mol. The smallest absolute Gasteiger partial charge is 0.407 e. The third-order valence-electron chi connectivity index (χ3n) is 2.99. The predicted molar refractivity (Wildman–Crippen MR) is 80.1 cm³/mol. The second-order valence-electron chi connectivity index (χ2n) is 4.44. The Kier molecular flexibility index (Phi) is 5.10. The van der Waals surface area contributed by atoms with Gasteiger partial charge in [0, 0.05) is 5.56 Å². The number of hydrogen-bond donors (Lipinski definition) is 1. The van der Waals surface area contributed by atoms with Crippen molar-refractivity contribution in [1.29, 1.82) is 0 Å². The molecule has 1 unspecified atom stereocenters. The molecule has 0 heterocycles. The van der Waals surface area contributed by atoms with E-state index < -0.39 is 12.1 Å². The first-order valence-electron chi connectivity index (χ1n) is 6.80. The van der Waals surface area contributed by atoms with E-state index in [2.05, 4.69) is 5.32 Å². The van der Waals surface area contributed by atoms with Gasteiger partial charge in [0.15, 0.2) is 5.78 Å². The molecule has 0 aliphatic rings. The zero-order valence-corrected chi connectivity index (χ0v) is 11.8. The molecule has 0 aromatic heterocycles. The van der Waals surface area contributed by atoms with Gasteiger partial charge in [-0.25, -0.2) is 4.79 Å². The summed E-state index contributed by atoms with van der Waals surface area (Å²) in [4.78, 5) is 24.3. The molecule has 4 heteroatoms. The number of benzene rings is 2. The van der Waals surface area contributed by atoms with Crippen molar-refractivity contribution in [1.82, 2.24) is 5.32 Å². The van der Waals surface area contributed by atoms with Crippen molar-refractivity contribution >= 4 is 11.9 Å². The number of Topliss-reactive ketones (excluding diaryl/α,β-unsaturated/α-hetero) is 1. The first kappa shape index (κ1) is 14.8. The molecule has 2 aromatic carbocycles. The number of carbonyl (C=O) groups is 2. The van der Waals surface area contributed by atoms with Crippen molar-refractivity contribution in [3.05, 3.63) is 71.8 Å². The standard InChI is InChI=1S/C17H17NO3/c1-2-21-17(20)18-15(13-9-5-3-6-10-13)16(19)14-11-7-4-8-12-14/h3-12,15H,2H2,1H3,(H,18,20). The first-order chi connectivity index (χ1) is 10.2. The van der Waals surface area contributed by atoms with Crippen molar-refractivity contribution in [3.63, 3.8) is 0 Å². The van der Waals surface area contributed by atoms with Gasteiger partial charge in [0.05, 0.1) is 6.61 Å². The van der Waals surface area contributed by atoms with Gasteiger partial charge in [-0.15, -0.1) is 0 Å². The Balaban J connectivity index is 2.28. The average Bonchev–Trinajstić information content (AvgIpc) is 2.54. The fourth-order valence-electron chi connectivity index (χ4n) is 2.01. The summed E-state index contributed by atoms with van der Waals surface area (Å²) in [6.07, 6.45) is -0.601. The van der Waals surface area contributed by atoms with Crippen LogP contribution in [0.25, 0.3) is 0 Å². The second kappa shape index (κ2) is 7.24. The van der Waals surface area contributed by atoms with Crippen LogP contribution in [0.5, 0.6) is 0 Å². The molecule has 4 nitrogen and oxygen atoms in total. The number of nitrogens with one attached hydrogen (secondary N) is 1. The third kappa shape index (κ3) is 3.92. The summed E-state index contributed by atoms with van der Waals surface area (Å²) in [6.45, 7) is 1.98. The lowest BCUT2D eigenvalue weighted by Crippen LogP contribution is -2.34. The highest BCUT2D eigenvalue weighted by atomic mass is 16.5. The maximum absolute atomic E-state index is 12.6. The molecule has 1 amide bonds. The fourth-order valence-corrected chi connectivity index (χ4v) is 2.01. The number of rotatable bonds is 5. The van der Waals surface area contributed by atoms with Crippen LogP contribution in [0.4, 0.5) is 4.79 Å². The molecule has 0 radical (unpaired) electrons. The van der Waals surface area contributed by atoms with Crippen LogP contribution in [0, 0.1) is 0 Å². The van der Waals surface area contributed by atoms with Crippen molar-refractivity contribution in [3.8, 4) is 0 Å². The molecular formula is C17H17NO3. The maximum atomic E-state index is 12.6. The largest absolute Gasteiger partial charge is 0.450 e. The van der Waals surface area contributed by atoms with Crippen LogP contribution in [0.15, 0.2) is 60.7 Å². The van der Waals surface area contributed by atoms with Gasteiger partial charge >= 0.3 is 6.09 Å². The molecule has 0 aliphatic heterocycles. The highest BCUT2D eigenvalue weighted by molar-refractivity contribution is 6.02. The monoisotopic (exact) mass is 283 g/mol.